The Morgan fingerprint density at radius 2 is 2.03 bits per heavy atom. The summed E-state index contributed by atoms with van der Waals surface area (Å²) in [5.41, 5.74) is -1.04. The third kappa shape index (κ3) is 4.98. The van der Waals surface area contributed by atoms with E-state index in [1.54, 1.807) is 18.0 Å². The van der Waals surface area contributed by atoms with Gasteiger partial charge in [0, 0.05) is 38.4 Å². The molecule has 12 heteroatoms. The van der Waals surface area contributed by atoms with E-state index in [2.05, 4.69) is 5.16 Å². The fourth-order valence-corrected chi connectivity index (χ4v) is 3.98. The van der Waals surface area contributed by atoms with E-state index < -0.39 is 34.5 Å². The Morgan fingerprint density at radius 3 is 2.69 bits per heavy atom. The molecule has 10 nitrogen and oxygen atoms in total. The Labute approximate surface area is 204 Å². The Bertz CT molecular complexity index is 1370. The average Bonchev–Trinajstić information content (AvgIpc) is 3.25. The molecular weight excluding hydrogens is 478 g/mol. The van der Waals surface area contributed by atoms with E-state index in [1.807, 2.05) is 0 Å². The van der Waals surface area contributed by atoms with Crippen molar-refractivity contribution in [2.45, 2.75) is 26.3 Å². The van der Waals surface area contributed by atoms with Gasteiger partial charge >= 0.3 is 0 Å². The van der Waals surface area contributed by atoms with Crippen LogP contribution in [0.4, 0.5) is 8.78 Å². The number of Topliss-reactive ketones (excluding diaryl/α,β-unsaturated/α-hetero) is 1. The number of amides is 1. The van der Waals surface area contributed by atoms with Crippen molar-refractivity contribution in [1.82, 2.24) is 14.7 Å². The Balaban J connectivity index is 1.69. The number of aromatic hydroxyl groups is 1. The van der Waals surface area contributed by atoms with E-state index >= 15 is 0 Å². The van der Waals surface area contributed by atoms with Crippen LogP contribution in [-0.2, 0) is 17.7 Å². The van der Waals surface area contributed by atoms with Crippen LogP contribution >= 0.6 is 0 Å². The highest BCUT2D eigenvalue weighted by atomic mass is 19.1. The number of aromatic nitrogens is 2. The highest BCUT2D eigenvalue weighted by Crippen LogP contribution is 2.23. The summed E-state index contributed by atoms with van der Waals surface area (Å²) in [6.45, 7) is 2.33. The van der Waals surface area contributed by atoms with Crippen molar-refractivity contribution in [2.75, 3.05) is 31.9 Å². The van der Waals surface area contributed by atoms with Crippen LogP contribution in [0.3, 0.4) is 0 Å². The molecule has 36 heavy (non-hydrogen) atoms. The molecule has 3 heterocycles. The molecule has 0 atom stereocenters. The van der Waals surface area contributed by atoms with Gasteiger partial charge in [-0.15, -0.1) is 0 Å². The lowest BCUT2D eigenvalue weighted by molar-refractivity contribution is 0.0619. The Morgan fingerprint density at radius 1 is 1.25 bits per heavy atom. The molecule has 1 amide bonds. The molecule has 0 saturated heterocycles. The van der Waals surface area contributed by atoms with Gasteiger partial charge in [-0.25, -0.2) is 8.78 Å². The van der Waals surface area contributed by atoms with Gasteiger partial charge in [0.25, 0.3) is 5.91 Å². The van der Waals surface area contributed by atoms with Crippen LogP contribution in [0.15, 0.2) is 39.8 Å². The zero-order chi connectivity index (χ0) is 26.0. The van der Waals surface area contributed by atoms with Gasteiger partial charge < -0.3 is 19.3 Å². The van der Waals surface area contributed by atoms with E-state index in [0.717, 1.165) is 6.07 Å². The fraction of sp³-hybridized carbons (Fsp3) is 0.333. The van der Waals surface area contributed by atoms with Crippen LogP contribution in [0.25, 0.3) is 0 Å². The summed E-state index contributed by atoms with van der Waals surface area (Å²) in [4.78, 5) is 40.3. The minimum absolute atomic E-state index is 0.0534. The number of hydrogen-bond donors (Lipinski definition) is 1. The number of methoxy groups -OCH3 is 1. The Kier molecular flexibility index (Phi) is 7.15. The Hall–Kier alpha value is -4.06. The van der Waals surface area contributed by atoms with E-state index in [0.29, 0.717) is 17.5 Å². The SMILES string of the molecule is COCCN1CN(Cc2cc(C)on2)n2cc(C(=O)CCc3ccc(F)cc3F)c(=O)c(O)c2C1=O. The van der Waals surface area contributed by atoms with Crippen LogP contribution < -0.4 is 10.4 Å². The minimum atomic E-state index is -1.01. The van der Waals surface area contributed by atoms with Crippen molar-refractivity contribution < 1.29 is 32.7 Å². The van der Waals surface area contributed by atoms with Gasteiger partial charge in [-0.1, -0.05) is 11.2 Å². The summed E-state index contributed by atoms with van der Waals surface area (Å²) >= 11 is 0. The standard InChI is InChI=1S/C24H24F2N4O6/c1-14-9-17(27-36-14)11-29-13-28(7-8-35-2)24(34)21-23(33)22(32)18(12-30(21)29)20(31)6-4-15-3-5-16(25)10-19(15)26/h3,5,9-10,12,33H,4,6-8,11,13H2,1-2H3. The van der Waals surface area contributed by atoms with Crippen molar-refractivity contribution in [3.05, 3.63) is 80.6 Å². The molecule has 4 rings (SSSR count). The van der Waals surface area contributed by atoms with Gasteiger partial charge in [-0.2, -0.15) is 0 Å². The third-order valence-electron chi connectivity index (χ3n) is 5.82. The highest BCUT2D eigenvalue weighted by Gasteiger charge is 2.34. The number of ether oxygens (including phenoxy) is 1. The summed E-state index contributed by atoms with van der Waals surface area (Å²) in [7, 11) is 1.48. The zero-order valence-electron chi connectivity index (χ0n) is 19.7. The number of benzene rings is 1. The number of nitrogens with zero attached hydrogens (tertiary/aromatic N) is 4. The van der Waals surface area contributed by atoms with Crippen LogP contribution in [0, 0.1) is 18.6 Å². The number of pyridine rings is 1. The van der Waals surface area contributed by atoms with E-state index in [4.69, 9.17) is 9.26 Å². The largest absolute Gasteiger partial charge is 0.502 e. The van der Waals surface area contributed by atoms with Gasteiger partial charge in [-0.3, -0.25) is 24.1 Å². The molecule has 0 unspecified atom stereocenters. The van der Waals surface area contributed by atoms with Gasteiger partial charge in [0.2, 0.25) is 5.43 Å². The van der Waals surface area contributed by atoms with Crippen LogP contribution in [0.5, 0.6) is 5.75 Å². The number of rotatable bonds is 9. The predicted molar refractivity (Wildman–Crippen MR) is 122 cm³/mol. The van der Waals surface area contributed by atoms with Crippen molar-refractivity contribution in [1.29, 1.82) is 0 Å². The first-order valence-corrected chi connectivity index (χ1v) is 11.1. The lowest BCUT2D eigenvalue weighted by atomic mass is 10.0. The van der Waals surface area contributed by atoms with Gasteiger partial charge in [0.1, 0.15) is 29.8 Å². The second-order valence-corrected chi connectivity index (χ2v) is 8.37. The molecule has 0 aliphatic carbocycles. The van der Waals surface area contributed by atoms with Gasteiger partial charge in [0.05, 0.1) is 18.7 Å². The smallest absolute Gasteiger partial charge is 0.277 e. The molecule has 0 radical (unpaired) electrons. The molecule has 0 bridgehead atoms. The number of carbonyl (C=O) groups is 2. The second kappa shape index (κ2) is 10.3. The third-order valence-corrected chi connectivity index (χ3v) is 5.82. The summed E-state index contributed by atoms with van der Waals surface area (Å²) < 4.78 is 38.6. The first-order valence-electron chi connectivity index (χ1n) is 11.1. The van der Waals surface area contributed by atoms with Crippen LogP contribution in [0.1, 0.15) is 44.3 Å². The molecule has 2 aromatic heterocycles. The second-order valence-electron chi connectivity index (χ2n) is 8.37. The summed E-state index contributed by atoms with van der Waals surface area (Å²) in [5.74, 6) is -3.12. The van der Waals surface area contributed by atoms with E-state index in [1.165, 1.54) is 28.9 Å². The maximum Gasteiger partial charge on any atom is 0.277 e. The lowest BCUT2D eigenvalue weighted by Crippen LogP contribution is -2.54. The average molecular weight is 502 g/mol. The molecular formula is C24H24F2N4O6. The summed E-state index contributed by atoms with van der Waals surface area (Å²) in [5, 5.41) is 16.3. The molecule has 1 aliphatic rings. The normalized spacial score (nSPS) is 13.3. The van der Waals surface area contributed by atoms with E-state index in [-0.39, 0.29) is 56.0 Å². The van der Waals surface area contributed by atoms with Crippen molar-refractivity contribution >= 4 is 11.7 Å². The zero-order valence-corrected chi connectivity index (χ0v) is 19.7. The minimum Gasteiger partial charge on any atom is -0.502 e. The molecule has 3 aromatic rings. The number of ketones is 1. The van der Waals surface area contributed by atoms with Crippen molar-refractivity contribution in [3.63, 3.8) is 0 Å². The first kappa shape index (κ1) is 25.0. The molecule has 1 N–H and O–H groups in total. The number of aryl methyl sites for hydroxylation is 2. The maximum absolute atomic E-state index is 14.0. The molecule has 0 saturated carbocycles. The molecule has 1 aromatic carbocycles. The monoisotopic (exact) mass is 502 g/mol. The van der Waals surface area contributed by atoms with E-state index in [9.17, 15) is 28.3 Å². The van der Waals surface area contributed by atoms with Gasteiger partial charge in [0.15, 0.2) is 17.2 Å². The molecule has 0 spiro atoms. The van der Waals surface area contributed by atoms with Crippen molar-refractivity contribution in [3.8, 4) is 5.75 Å². The number of halogens is 2. The number of hydrogen-bond acceptors (Lipinski definition) is 8. The fourth-order valence-electron chi connectivity index (χ4n) is 3.98. The number of fused-ring (bicyclic) bond motifs is 1. The van der Waals surface area contributed by atoms with Crippen LogP contribution in [0.2, 0.25) is 0 Å². The summed E-state index contributed by atoms with van der Waals surface area (Å²) in [6, 6.07) is 4.71. The maximum atomic E-state index is 14.0. The quantitative estimate of drug-likeness (QED) is 0.443. The lowest BCUT2D eigenvalue weighted by Gasteiger charge is -2.39. The summed E-state index contributed by atoms with van der Waals surface area (Å²) in [6.07, 6.45) is 0.838. The first-order chi connectivity index (χ1) is 17.2. The van der Waals surface area contributed by atoms with Crippen molar-refractivity contribution in [2.24, 2.45) is 0 Å². The topological polar surface area (TPSA) is 118 Å². The molecule has 0 fully saturated rings. The predicted octanol–water partition coefficient (Wildman–Crippen LogP) is 2.14. The highest BCUT2D eigenvalue weighted by molar-refractivity contribution is 6.00. The van der Waals surface area contributed by atoms with Crippen LogP contribution in [-0.4, -0.2) is 58.5 Å². The number of carbonyl (C=O) groups excluding carboxylic acids is 2. The molecule has 190 valence electrons. The van der Waals surface area contributed by atoms with Gasteiger partial charge in [-0.05, 0) is 25.0 Å². The molecule has 1 aliphatic heterocycles.